The van der Waals surface area contributed by atoms with Gasteiger partial charge in [0.05, 0.1) is 31.3 Å². The molecule has 0 atom stereocenters. The Kier molecular flexibility index (Phi) is 4.93. The number of amides is 1. The number of hydrogen-bond donors (Lipinski definition) is 2. The first kappa shape index (κ1) is 14.0. The van der Waals surface area contributed by atoms with Crippen LogP contribution in [0.3, 0.4) is 0 Å². The fourth-order valence-electron chi connectivity index (χ4n) is 1.65. The maximum Gasteiger partial charge on any atom is 0.225 e. The van der Waals surface area contributed by atoms with Gasteiger partial charge in [-0.05, 0) is 12.1 Å². The zero-order valence-electron chi connectivity index (χ0n) is 10.8. The van der Waals surface area contributed by atoms with Gasteiger partial charge in [0.1, 0.15) is 5.75 Å². The Morgan fingerprint density at radius 2 is 2.37 bits per heavy atom. The molecule has 104 valence electrons. The highest BCUT2D eigenvalue weighted by atomic mass is 32.2. The summed E-state index contributed by atoms with van der Waals surface area (Å²) >= 11 is 1.78. The Balaban J connectivity index is 1.80. The van der Waals surface area contributed by atoms with Crippen molar-refractivity contribution < 1.29 is 14.3 Å². The van der Waals surface area contributed by atoms with Crippen LogP contribution < -0.4 is 15.8 Å². The Hall–Kier alpha value is -1.40. The number of rotatable bonds is 6. The molecule has 0 radical (unpaired) electrons. The van der Waals surface area contributed by atoms with E-state index in [9.17, 15) is 4.79 Å². The van der Waals surface area contributed by atoms with Crippen LogP contribution in [0.1, 0.15) is 6.42 Å². The molecule has 3 N–H and O–H groups in total. The third kappa shape index (κ3) is 4.04. The minimum Gasteiger partial charge on any atom is -0.494 e. The Morgan fingerprint density at radius 3 is 3.00 bits per heavy atom. The number of methoxy groups -OCH3 is 1. The summed E-state index contributed by atoms with van der Waals surface area (Å²) < 4.78 is 10.3. The molecular weight excluding hydrogens is 264 g/mol. The van der Waals surface area contributed by atoms with E-state index in [1.54, 1.807) is 37.1 Å². The smallest absolute Gasteiger partial charge is 0.225 e. The molecule has 0 bridgehead atoms. The monoisotopic (exact) mass is 282 g/mol. The first-order valence-electron chi connectivity index (χ1n) is 6.11. The maximum atomic E-state index is 11.8. The summed E-state index contributed by atoms with van der Waals surface area (Å²) in [6.45, 7) is 1.61. The lowest BCUT2D eigenvalue weighted by molar-refractivity contribution is -0.115. The topological polar surface area (TPSA) is 73.6 Å². The third-order valence-corrected chi connectivity index (χ3v) is 3.97. The lowest BCUT2D eigenvalue weighted by atomic mass is 10.2. The molecule has 1 aromatic rings. The van der Waals surface area contributed by atoms with E-state index in [-0.39, 0.29) is 5.91 Å². The Morgan fingerprint density at radius 1 is 1.58 bits per heavy atom. The van der Waals surface area contributed by atoms with Crippen LogP contribution in [-0.2, 0) is 9.53 Å². The van der Waals surface area contributed by atoms with Crippen LogP contribution in [0, 0.1) is 0 Å². The first-order chi connectivity index (χ1) is 9.19. The van der Waals surface area contributed by atoms with Gasteiger partial charge in [0, 0.05) is 23.9 Å². The normalized spacial score (nSPS) is 14.8. The number of thioether (sulfide) groups is 1. The van der Waals surface area contributed by atoms with E-state index in [1.807, 2.05) is 0 Å². The summed E-state index contributed by atoms with van der Waals surface area (Å²) in [5.41, 5.74) is 6.92. The number of ether oxygens (including phenoxy) is 2. The summed E-state index contributed by atoms with van der Waals surface area (Å²) in [5, 5.41) is 3.39. The molecular formula is C13H18N2O3S. The summed E-state index contributed by atoms with van der Waals surface area (Å²) in [4.78, 5) is 11.8. The number of carbonyl (C=O) groups excluding carboxylic acids is 1. The van der Waals surface area contributed by atoms with E-state index in [1.165, 1.54) is 0 Å². The Labute approximate surface area is 116 Å². The second-order valence-electron chi connectivity index (χ2n) is 4.29. The van der Waals surface area contributed by atoms with Crippen LogP contribution >= 0.6 is 11.8 Å². The zero-order chi connectivity index (χ0) is 13.7. The predicted molar refractivity (Wildman–Crippen MR) is 77.7 cm³/mol. The van der Waals surface area contributed by atoms with E-state index in [0.717, 1.165) is 19.0 Å². The van der Waals surface area contributed by atoms with Crippen LogP contribution in [0.25, 0.3) is 0 Å². The van der Waals surface area contributed by atoms with Crippen molar-refractivity contribution in [2.75, 3.05) is 37.1 Å². The van der Waals surface area contributed by atoms with Crippen molar-refractivity contribution in [3.05, 3.63) is 18.2 Å². The molecule has 1 saturated heterocycles. The molecule has 2 rings (SSSR count). The molecule has 1 heterocycles. The molecule has 5 nitrogen and oxygen atoms in total. The standard InChI is InChI=1S/C13H18N2O3S/c1-17-12-6-9(14)2-3-11(12)15-13(16)4-5-19-10-7-18-8-10/h2-3,6,10H,4-5,7-8,14H2,1H3,(H,15,16). The molecule has 0 unspecified atom stereocenters. The molecule has 0 saturated carbocycles. The molecule has 1 fully saturated rings. The van der Waals surface area contributed by atoms with Gasteiger partial charge in [-0.3, -0.25) is 4.79 Å². The second kappa shape index (κ2) is 6.68. The molecule has 1 aliphatic rings. The number of nitrogens with two attached hydrogens (primary N) is 1. The summed E-state index contributed by atoms with van der Waals surface area (Å²) in [6.07, 6.45) is 0.481. The van der Waals surface area contributed by atoms with Gasteiger partial charge in [-0.2, -0.15) is 11.8 Å². The van der Waals surface area contributed by atoms with Crippen LogP contribution in [0.4, 0.5) is 11.4 Å². The molecule has 1 amide bonds. The van der Waals surface area contributed by atoms with Gasteiger partial charge in [0.15, 0.2) is 0 Å². The van der Waals surface area contributed by atoms with E-state index >= 15 is 0 Å². The van der Waals surface area contributed by atoms with Gasteiger partial charge >= 0.3 is 0 Å². The molecule has 0 spiro atoms. The molecule has 0 aliphatic carbocycles. The van der Waals surface area contributed by atoms with Crippen LogP contribution in [0.2, 0.25) is 0 Å². The highest BCUT2D eigenvalue weighted by molar-refractivity contribution is 8.00. The van der Waals surface area contributed by atoms with Crippen molar-refractivity contribution >= 4 is 29.0 Å². The minimum atomic E-state index is -0.0178. The van der Waals surface area contributed by atoms with E-state index in [4.69, 9.17) is 15.2 Å². The van der Waals surface area contributed by atoms with Gasteiger partial charge in [-0.15, -0.1) is 0 Å². The quantitative estimate of drug-likeness (QED) is 0.777. The maximum absolute atomic E-state index is 11.8. The molecule has 1 aromatic carbocycles. The Bertz CT molecular complexity index is 450. The number of nitrogens with one attached hydrogen (secondary N) is 1. The number of nitrogen functional groups attached to an aromatic ring is 1. The van der Waals surface area contributed by atoms with Gasteiger partial charge < -0.3 is 20.5 Å². The zero-order valence-corrected chi connectivity index (χ0v) is 11.7. The van der Waals surface area contributed by atoms with Crippen LogP contribution in [0.15, 0.2) is 18.2 Å². The molecule has 0 aromatic heterocycles. The predicted octanol–water partition coefficient (Wildman–Crippen LogP) is 1.74. The van der Waals surface area contributed by atoms with Crippen LogP contribution in [0.5, 0.6) is 5.75 Å². The molecule has 1 aliphatic heterocycles. The second-order valence-corrected chi connectivity index (χ2v) is 5.70. The summed E-state index contributed by atoms with van der Waals surface area (Å²) in [7, 11) is 1.55. The van der Waals surface area contributed by atoms with Crippen molar-refractivity contribution in [2.24, 2.45) is 0 Å². The number of hydrogen-bond acceptors (Lipinski definition) is 5. The number of benzene rings is 1. The minimum absolute atomic E-state index is 0.0178. The first-order valence-corrected chi connectivity index (χ1v) is 7.16. The highest BCUT2D eigenvalue weighted by Gasteiger charge is 2.18. The SMILES string of the molecule is COc1cc(N)ccc1NC(=O)CCSC1COC1. The van der Waals surface area contributed by atoms with E-state index < -0.39 is 0 Å². The molecule has 19 heavy (non-hydrogen) atoms. The third-order valence-electron chi connectivity index (χ3n) is 2.79. The van der Waals surface area contributed by atoms with Gasteiger partial charge in [-0.1, -0.05) is 0 Å². The van der Waals surface area contributed by atoms with E-state index in [2.05, 4.69) is 5.32 Å². The summed E-state index contributed by atoms with van der Waals surface area (Å²) in [5.74, 6) is 1.36. The lowest BCUT2D eigenvalue weighted by Crippen LogP contribution is -2.30. The summed E-state index contributed by atoms with van der Waals surface area (Å²) in [6, 6.07) is 5.17. The van der Waals surface area contributed by atoms with Crippen molar-refractivity contribution in [3.63, 3.8) is 0 Å². The fraction of sp³-hybridized carbons (Fsp3) is 0.462. The fourth-order valence-corrected chi connectivity index (χ4v) is 2.67. The van der Waals surface area contributed by atoms with Crippen molar-refractivity contribution in [1.82, 2.24) is 0 Å². The molecule has 6 heteroatoms. The highest BCUT2D eigenvalue weighted by Crippen LogP contribution is 2.27. The number of carbonyl (C=O) groups is 1. The van der Waals surface area contributed by atoms with Crippen molar-refractivity contribution in [2.45, 2.75) is 11.7 Å². The van der Waals surface area contributed by atoms with Crippen LogP contribution in [-0.4, -0.2) is 37.2 Å². The van der Waals surface area contributed by atoms with Crippen molar-refractivity contribution in [3.8, 4) is 5.75 Å². The van der Waals surface area contributed by atoms with Gasteiger partial charge in [0.25, 0.3) is 0 Å². The van der Waals surface area contributed by atoms with Crippen molar-refractivity contribution in [1.29, 1.82) is 0 Å². The largest absolute Gasteiger partial charge is 0.494 e. The van der Waals surface area contributed by atoms with Gasteiger partial charge in [0.2, 0.25) is 5.91 Å². The average molecular weight is 282 g/mol. The number of anilines is 2. The average Bonchev–Trinajstić information content (AvgIpc) is 2.34. The lowest BCUT2D eigenvalue weighted by Gasteiger charge is -2.25. The van der Waals surface area contributed by atoms with Gasteiger partial charge in [-0.25, -0.2) is 0 Å². The van der Waals surface area contributed by atoms with E-state index in [0.29, 0.717) is 28.8 Å².